The van der Waals surface area contributed by atoms with E-state index in [4.69, 9.17) is 4.74 Å². The van der Waals surface area contributed by atoms with Gasteiger partial charge in [0.05, 0.1) is 4.92 Å². The molecule has 4 rings (SSSR count). The van der Waals surface area contributed by atoms with E-state index < -0.39 is 34.5 Å². The number of nitrogens with one attached hydrogen (secondary N) is 1. The van der Waals surface area contributed by atoms with Crippen LogP contribution in [0.2, 0.25) is 0 Å². The van der Waals surface area contributed by atoms with Crippen LogP contribution in [0.1, 0.15) is 33.7 Å². The fraction of sp³-hybridized carbons (Fsp3) is 0.231. The Hall–Kier alpha value is -4.40. The number of phenols is 1. The van der Waals surface area contributed by atoms with Crippen molar-refractivity contribution in [2.45, 2.75) is 32.2 Å². The van der Waals surface area contributed by atoms with E-state index in [0.29, 0.717) is 5.56 Å². The van der Waals surface area contributed by atoms with Crippen LogP contribution in [0, 0.1) is 24.0 Å². The summed E-state index contributed by atoms with van der Waals surface area (Å²) in [4.78, 5) is 35.0. The predicted octanol–water partition coefficient (Wildman–Crippen LogP) is 4.45. The van der Waals surface area contributed by atoms with E-state index in [2.05, 4.69) is 5.32 Å². The smallest absolute Gasteiger partial charge is 0.407 e. The van der Waals surface area contributed by atoms with E-state index in [1.165, 1.54) is 13.0 Å². The second kappa shape index (κ2) is 9.46. The lowest BCUT2D eigenvalue weighted by atomic mass is 9.97. The molecule has 1 aliphatic carbocycles. The second-order valence-electron chi connectivity index (χ2n) is 8.50. The molecule has 180 valence electrons. The van der Waals surface area contributed by atoms with Crippen molar-refractivity contribution < 1.29 is 29.5 Å². The highest BCUT2D eigenvalue weighted by molar-refractivity contribution is 5.81. The second-order valence-corrected chi connectivity index (χ2v) is 8.50. The first-order valence-corrected chi connectivity index (χ1v) is 11.0. The third-order valence-corrected chi connectivity index (χ3v) is 6.41. The number of carbonyl (C=O) groups is 2. The number of nitro groups is 1. The van der Waals surface area contributed by atoms with Gasteiger partial charge in [0.1, 0.15) is 12.6 Å². The third kappa shape index (κ3) is 4.52. The number of carboxylic acid groups (broad SMARTS) is 1. The molecule has 1 unspecified atom stereocenters. The van der Waals surface area contributed by atoms with Crippen molar-refractivity contribution in [2.75, 3.05) is 6.61 Å². The molecule has 0 heterocycles. The Morgan fingerprint density at radius 2 is 1.66 bits per heavy atom. The van der Waals surface area contributed by atoms with Crippen LogP contribution < -0.4 is 5.32 Å². The summed E-state index contributed by atoms with van der Waals surface area (Å²) in [5, 5.41) is 33.7. The first-order valence-electron chi connectivity index (χ1n) is 11.0. The molecule has 0 aromatic heterocycles. The molecule has 0 radical (unpaired) electrons. The maximum Gasteiger partial charge on any atom is 0.407 e. The van der Waals surface area contributed by atoms with Gasteiger partial charge in [0, 0.05) is 23.5 Å². The molecule has 0 bridgehead atoms. The van der Waals surface area contributed by atoms with Gasteiger partial charge in [-0.05, 0) is 41.7 Å². The standard InChI is InChI=1S/C26H24N2O7/c1-14-11-16(24(29)23(15(14)2)28(33)34)12-22(25(30)31)27-26(32)35-13-21-19-9-5-3-7-17(19)18-8-4-6-10-20(18)21/h3-11,21-22,29H,12-13H2,1-2H3,(H,27,32)(H,30,31). The molecule has 9 nitrogen and oxygen atoms in total. The average molecular weight is 476 g/mol. The number of aryl methyl sites for hydroxylation is 1. The Morgan fingerprint density at radius 1 is 1.09 bits per heavy atom. The van der Waals surface area contributed by atoms with E-state index >= 15 is 0 Å². The van der Waals surface area contributed by atoms with Gasteiger partial charge >= 0.3 is 17.7 Å². The van der Waals surface area contributed by atoms with Crippen LogP contribution in [0.5, 0.6) is 5.75 Å². The number of carboxylic acids is 1. The van der Waals surface area contributed by atoms with Crippen LogP contribution in [0.4, 0.5) is 10.5 Å². The van der Waals surface area contributed by atoms with Gasteiger partial charge in [0.25, 0.3) is 0 Å². The molecule has 3 aromatic carbocycles. The van der Waals surface area contributed by atoms with Crippen LogP contribution >= 0.6 is 0 Å². The molecule has 9 heteroatoms. The Kier molecular flexibility index (Phi) is 6.42. The molecule has 0 saturated heterocycles. The maximum absolute atomic E-state index is 12.5. The summed E-state index contributed by atoms with van der Waals surface area (Å²) in [6.45, 7) is 3.13. The fourth-order valence-electron chi connectivity index (χ4n) is 4.54. The molecule has 3 aromatic rings. The monoisotopic (exact) mass is 476 g/mol. The zero-order valence-corrected chi connectivity index (χ0v) is 19.1. The lowest BCUT2D eigenvalue weighted by Gasteiger charge is -2.18. The van der Waals surface area contributed by atoms with Gasteiger partial charge < -0.3 is 20.3 Å². The van der Waals surface area contributed by atoms with Crippen LogP contribution in [-0.4, -0.2) is 39.8 Å². The number of phenolic OH excluding ortho intramolecular Hbond substituents is 1. The number of alkyl carbamates (subject to hydrolysis) is 1. The summed E-state index contributed by atoms with van der Waals surface area (Å²) in [7, 11) is 0. The summed E-state index contributed by atoms with van der Waals surface area (Å²) >= 11 is 0. The number of hydrogen-bond acceptors (Lipinski definition) is 6. The summed E-state index contributed by atoms with van der Waals surface area (Å²) in [5.41, 5.74) is 4.53. The van der Waals surface area contributed by atoms with Gasteiger partial charge in [0.2, 0.25) is 0 Å². The van der Waals surface area contributed by atoms with E-state index in [1.54, 1.807) is 6.92 Å². The number of benzene rings is 3. The van der Waals surface area contributed by atoms with Gasteiger partial charge in [0.15, 0.2) is 5.75 Å². The van der Waals surface area contributed by atoms with Crippen molar-refractivity contribution >= 4 is 17.7 Å². The number of aliphatic carboxylic acids is 1. The Morgan fingerprint density at radius 3 is 2.20 bits per heavy atom. The van der Waals surface area contributed by atoms with Crippen LogP contribution in [0.25, 0.3) is 11.1 Å². The van der Waals surface area contributed by atoms with Gasteiger partial charge in [-0.15, -0.1) is 0 Å². The quantitative estimate of drug-likeness (QED) is 0.338. The molecular formula is C26H24N2O7. The third-order valence-electron chi connectivity index (χ3n) is 6.41. The summed E-state index contributed by atoms with van der Waals surface area (Å²) in [5.74, 6) is -2.17. The molecule has 0 spiro atoms. The van der Waals surface area contributed by atoms with Crippen molar-refractivity contribution in [2.24, 2.45) is 0 Å². The van der Waals surface area contributed by atoms with Crippen molar-refractivity contribution in [1.82, 2.24) is 5.32 Å². The lowest BCUT2D eigenvalue weighted by Crippen LogP contribution is -2.43. The Labute approximate surface area is 201 Å². The van der Waals surface area contributed by atoms with Crippen molar-refractivity contribution in [3.8, 4) is 16.9 Å². The minimum absolute atomic E-state index is 0.00651. The number of carbonyl (C=O) groups excluding carboxylic acids is 1. The van der Waals surface area contributed by atoms with Gasteiger partial charge in [-0.3, -0.25) is 10.1 Å². The number of aromatic hydroxyl groups is 1. The summed E-state index contributed by atoms with van der Waals surface area (Å²) in [6.07, 6.45) is -1.29. The number of amides is 1. The lowest BCUT2D eigenvalue weighted by molar-refractivity contribution is -0.386. The number of ether oxygens (including phenoxy) is 1. The molecular weight excluding hydrogens is 452 g/mol. The Bertz CT molecular complexity index is 1290. The molecule has 35 heavy (non-hydrogen) atoms. The molecule has 1 atom stereocenters. The van der Waals surface area contributed by atoms with E-state index in [1.807, 2.05) is 48.5 Å². The zero-order chi connectivity index (χ0) is 25.3. The number of hydrogen-bond donors (Lipinski definition) is 3. The maximum atomic E-state index is 12.5. The predicted molar refractivity (Wildman–Crippen MR) is 128 cm³/mol. The average Bonchev–Trinajstić information content (AvgIpc) is 3.14. The Balaban J connectivity index is 1.49. The molecule has 0 aliphatic heterocycles. The first-order chi connectivity index (χ1) is 16.7. The highest BCUT2D eigenvalue weighted by Crippen LogP contribution is 2.44. The van der Waals surface area contributed by atoms with Crippen molar-refractivity contribution in [1.29, 1.82) is 0 Å². The molecule has 1 aliphatic rings. The summed E-state index contributed by atoms with van der Waals surface area (Å²) in [6, 6.07) is 15.7. The van der Waals surface area contributed by atoms with Crippen LogP contribution in [-0.2, 0) is 16.0 Å². The molecule has 0 fully saturated rings. The minimum Gasteiger partial charge on any atom is -0.502 e. The van der Waals surface area contributed by atoms with Crippen LogP contribution in [0.15, 0.2) is 54.6 Å². The molecule has 1 amide bonds. The number of rotatable bonds is 7. The van der Waals surface area contributed by atoms with E-state index in [9.17, 15) is 29.9 Å². The van der Waals surface area contributed by atoms with Gasteiger partial charge in [-0.1, -0.05) is 54.6 Å². The zero-order valence-electron chi connectivity index (χ0n) is 19.1. The highest BCUT2D eigenvalue weighted by Gasteiger charge is 2.31. The normalized spacial score (nSPS) is 13.0. The fourth-order valence-corrected chi connectivity index (χ4v) is 4.54. The van der Waals surface area contributed by atoms with E-state index in [-0.39, 0.29) is 30.1 Å². The van der Waals surface area contributed by atoms with Crippen LogP contribution in [0.3, 0.4) is 0 Å². The number of nitrogens with zero attached hydrogens (tertiary/aromatic N) is 1. The van der Waals surface area contributed by atoms with Crippen molar-refractivity contribution in [3.05, 3.63) is 92.5 Å². The SMILES string of the molecule is Cc1cc(CC(NC(=O)OCC2c3ccccc3-c3ccccc32)C(=O)O)c(O)c([N+](=O)[O-])c1C. The number of nitro benzene ring substituents is 1. The van der Waals surface area contributed by atoms with Crippen molar-refractivity contribution in [3.63, 3.8) is 0 Å². The minimum atomic E-state index is -1.46. The number of fused-ring (bicyclic) bond motifs is 3. The summed E-state index contributed by atoms with van der Waals surface area (Å²) < 4.78 is 5.41. The molecule has 0 saturated carbocycles. The topological polar surface area (TPSA) is 139 Å². The highest BCUT2D eigenvalue weighted by atomic mass is 16.6. The largest absolute Gasteiger partial charge is 0.502 e. The van der Waals surface area contributed by atoms with E-state index in [0.717, 1.165) is 22.3 Å². The van der Waals surface area contributed by atoms with Gasteiger partial charge in [-0.25, -0.2) is 9.59 Å². The first kappa shape index (κ1) is 23.7. The van der Waals surface area contributed by atoms with Gasteiger partial charge in [-0.2, -0.15) is 0 Å². The molecule has 3 N–H and O–H groups in total.